The van der Waals surface area contributed by atoms with E-state index >= 15 is 0 Å². The van der Waals surface area contributed by atoms with Crippen LogP contribution in [0, 0.1) is 0 Å². The highest BCUT2D eigenvalue weighted by atomic mass is 32.2. The molecule has 1 aliphatic heterocycles. The molecule has 3 aromatic heterocycles. The summed E-state index contributed by atoms with van der Waals surface area (Å²) in [5.41, 5.74) is 1.79. The van der Waals surface area contributed by atoms with E-state index in [0.29, 0.717) is 17.3 Å². The molecule has 0 spiro atoms. The summed E-state index contributed by atoms with van der Waals surface area (Å²) in [5.74, 6) is 2.13. The van der Waals surface area contributed by atoms with Gasteiger partial charge in [0.2, 0.25) is 5.91 Å². The molecular weight excluding hydrogens is 458 g/mol. The van der Waals surface area contributed by atoms with Crippen LogP contribution in [0.4, 0.5) is 11.5 Å². The first kappa shape index (κ1) is 22.4. The molecule has 5 rings (SSSR count). The number of fused-ring (bicyclic) bond motifs is 3. The number of carbonyl (C=O) groups excluding carboxylic acids is 1. The molecule has 0 aromatic carbocycles. The fourth-order valence-corrected chi connectivity index (χ4v) is 6.54. The standard InChI is InChI=1S/C23H27N5O3S2/c1-13-9-28(10-14(2)31-13)19-7-6-15(8-24-19)25-20(29)12-32-11-18-26-22(30)21-16-4-3-5-17(16)33-23(21)27-18/h6-8,13-14H,3-5,9-12H2,1-2H3,(H,25,29)(H,26,27,30). The molecular formula is C23H27N5O3S2. The quantitative estimate of drug-likeness (QED) is 0.552. The first-order valence-electron chi connectivity index (χ1n) is 11.2. The van der Waals surface area contributed by atoms with E-state index in [2.05, 4.69) is 39.0 Å². The van der Waals surface area contributed by atoms with Crippen LogP contribution in [0.2, 0.25) is 0 Å². The topological polar surface area (TPSA) is 100 Å². The zero-order valence-corrected chi connectivity index (χ0v) is 20.4. The van der Waals surface area contributed by atoms with Crippen LogP contribution in [-0.4, -0.2) is 51.9 Å². The van der Waals surface area contributed by atoms with Crippen LogP contribution in [-0.2, 0) is 28.1 Å². The number of morpholine rings is 1. The molecule has 2 unspecified atom stereocenters. The van der Waals surface area contributed by atoms with Gasteiger partial charge in [0.05, 0.1) is 41.0 Å². The van der Waals surface area contributed by atoms with Crippen LogP contribution >= 0.6 is 23.1 Å². The lowest BCUT2D eigenvalue weighted by Crippen LogP contribution is -2.45. The third-order valence-corrected chi connectivity index (χ3v) is 8.00. The van der Waals surface area contributed by atoms with Crippen LogP contribution in [0.15, 0.2) is 23.1 Å². The molecule has 0 saturated carbocycles. The predicted molar refractivity (Wildman–Crippen MR) is 134 cm³/mol. The van der Waals surface area contributed by atoms with Crippen LogP contribution in [0.3, 0.4) is 0 Å². The molecule has 2 aliphatic rings. The lowest BCUT2D eigenvalue weighted by Gasteiger charge is -2.36. The van der Waals surface area contributed by atoms with E-state index in [0.717, 1.165) is 48.4 Å². The van der Waals surface area contributed by atoms with Crippen molar-refractivity contribution in [3.8, 4) is 0 Å². The normalized spacial score (nSPS) is 20.2. The van der Waals surface area contributed by atoms with Crippen LogP contribution in [0.25, 0.3) is 10.2 Å². The Balaban J connectivity index is 1.14. The maximum absolute atomic E-state index is 12.5. The number of anilines is 2. The van der Waals surface area contributed by atoms with Crippen molar-refractivity contribution in [2.24, 2.45) is 0 Å². The van der Waals surface area contributed by atoms with E-state index in [1.165, 1.54) is 22.2 Å². The number of amides is 1. The van der Waals surface area contributed by atoms with Gasteiger partial charge < -0.3 is 19.9 Å². The van der Waals surface area contributed by atoms with Crippen molar-refractivity contribution in [2.45, 2.75) is 51.1 Å². The van der Waals surface area contributed by atoms with E-state index in [-0.39, 0.29) is 29.4 Å². The Morgan fingerprint density at radius 3 is 2.88 bits per heavy atom. The number of H-pyrrole nitrogens is 1. The molecule has 174 valence electrons. The molecule has 0 radical (unpaired) electrons. The third kappa shape index (κ3) is 4.92. The van der Waals surface area contributed by atoms with E-state index in [9.17, 15) is 9.59 Å². The minimum atomic E-state index is -0.110. The molecule has 10 heteroatoms. The Morgan fingerprint density at radius 1 is 1.30 bits per heavy atom. The summed E-state index contributed by atoms with van der Waals surface area (Å²) in [6, 6.07) is 3.80. The van der Waals surface area contributed by atoms with Crippen molar-refractivity contribution in [1.29, 1.82) is 0 Å². The van der Waals surface area contributed by atoms with Gasteiger partial charge in [0.15, 0.2) is 0 Å². The second-order valence-corrected chi connectivity index (χ2v) is 10.7. The summed E-state index contributed by atoms with van der Waals surface area (Å²) in [6.07, 6.45) is 5.14. The molecule has 2 atom stereocenters. The van der Waals surface area contributed by atoms with Gasteiger partial charge in [0.1, 0.15) is 16.5 Å². The van der Waals surface area contributed by atoms with Gasteiger partial charge in [-0.1, -0.05) is 0 Å². The number of thiophene rings is 1. The van der Waals surface area contributed by atoms with E-state index in [1.54, 1.807) is 17.5 Å². The molecule has 8 nitrogen and oxygen atoms in total. The molecule has 1 amide bonds. The second-order valence-electron chi connectivity index (χ2n) is 8.66. The summed E-state index contributed by atoms with van der Waals surface area (Å²) in [5, 5.41) is 3.65. The zero-order chi connectivity index (χ0) is 22.9. The molecule has 3 aromatic rings. The number of nitrogens with one attached hydrogen (secondary N) is 2. The molecule has 1 fully saturated rings. The van der Waals surface area contributed by atoms with Gasteiger partial charge in [0.25, 0.3) is 5.56 Å². The number of hydrogen-bond acceptors (Lipinski definition) is 8. The summed E-state index contributed by atoms with van der Waals surface area (Å²) in [4.78, 5) is 41.3. The Labute approximate surface area is 200 Å². The van der Waals surface area contributed by atoms with Crippen LogP contribution < -0.4 is 15.8 Å². The number of hydrogen-bond donors (Lipinski definition) is 2. The minimum Gasteiger partial charge on any atom is -0.372 e. The second kappa shape index (κ2) is 9.44. The fraction of sp³-hybridized carbons (Fsp3) is 0.478. The van der Waals surface area contributed by atoms with Gasteiger partial charge >= 0.3 is 0 Å². The van der Waals surface area contributed by atoms with E-state index in [1.807, 2.05) is 12.1 Å². The van der Waals surface area contributed by atoms with Gasteiger partial charge in [0, 0.05) is 18.0 Å². The maximum atomic E-state index is 12.5. The summed E-state index contributed by atoms with van der Waals surface area (Å²) >= 11 is 3.06. The number of carbonyl (C=O) groups is 1. The number of aryl methyl sites for hydroxylation is 2. The summed E-state index contributed by atoms with van der Waals surface area (Å²) in [6.45, 7) is 5.72. The molecule has 1 aliphatic carbocycles. The average Bonchev–Trinajstić information content (AvgIpc) is 3.34. The third-order valence-electron chi connectivity index (χ3n) is 5.87. The summed E-state index contributed by atoms with van der Waals surface area (Å²) < 4.78 is 5.77. The molecule has 4 heterocycles. The minimum absolute atomic E-state index is 0.0605. The van der Waals surface area contributed by atoms with Crippen molar-refractivity contribution in [1.82, 2.24) is 15.0 Å². The molecule has 0 bridgehead atoms. The fourth-order valence-electron chi connectivity index (χ4n) is 4.56. The highest BCUT2D eigenvalue weighted by Crippen LogP contribution is 2.34. The van der Waals surface area contributed by atoms with Gasteiger partial charge in [-0.25, -0.2) is 9.97 Å². The average molecular weight is 486 g/mol. The van der Waals surface area contributed by atoms with Crippen LogP contribution in [0.1, 0.15) is 36.5 Å². The van der Waals surface area contributed by atoms with Gasteiger partial charge in [-0.3, -0.25) is 9.59 Å². The Kier molecular flexibility index (Phi) is 6.40. The maximum Gasteiger partial charge on any atom is 0.259 e. The highest BCUT2D eigenvalue weighted by Gasteiger charge is 2.23. The first-order chi connectivity index (χ1) is 16.0. The number of thioether (sulfide) groups is 1. The number of rotatable bonds is 6. The number of aromatic amines is 1. The van der Waals surface area contributed by atoms with Crippen LogP contribution in [0.5, 0.6) is 0 Å². The number of pyridine rings is 1. The Hall–Kier alpha value is -2.43. The van der Waals surface area contributed by atoms with Crippen molar-refractivity contribution in [3.05, 3.63) is 44.9 Å². The van der Waals surface area contributed by atoms with Gasteiger partial charge in [-0.2, -0.15) is 0 Å². The largest absolute Gasteiger partial charge is 0.372 e. The summed E-state index contributed by atoms with van der Waals surface area (Å²) in [7, 11) is 0. The van der Waals surface area contributed by atoms with Crippen molar-refractivity contribution in [3.63, 3.8) is 0 Å². The Bertz CT molecular complexity index is 1210. The molecule has 33 heavy (non-hydrogen) atoms. The van der Waals surface area contributed by atoms with Crippen molar-refractivity contribution in [2.75, 3.05) is 29.1 Å². The molecule has 2 N–H and O–H groups in total. The highest BCUT2D eigenvalue weighted by molar-refractivity contribution is 7.99. The lowest BCUT2D eigenvalue weighted by molar-refractivity contribution is -0.113. The SMILES string of the molecule is CC1CN(c2ccc(NC(=O)CSCc3nc4sc5c(c4c(=O)[nH]3)CCC5)cn2)CC(C)O1. The number of aromatic nitrogens is 3. The lowest BCUT2D eigenvalue weighted by atomic mass is 10.2. The van der Waals surface area contributed by atoms with E-state index < -0.39 is 0 Å². The van der Waals surface area contributed by atoms with Crippen molar-refractivity contribution < 1.29 is 9.53 Å². The first-order valence-corrected chi connectivity index (χ1v) is 13.2. The Morgan fingerprint density at radius 2 is 2.12 bits per heavy atom. The van der Waals surface area contributed by atoms with E-state index in [4.69, 9.17) is 4.74 Å². The van der Waals surface area contributed by atoms with Gasteiger partial charge in [-0.15, -0.1) is 23.1 Å². The smallest absolute Gasteiger partial charge is 0.259 e. The molecule has 1 saturated heterocycles. The monoisotopic (exact) mass is 485 g/mol. The van der Waals surface area contributed by atoms with Gasteiger partial charge in [-0.05, 0) is 50.8 Å². The van der Waals surface area contributed by atoms with Crippen molar-refractivity contribution >= 4 is 50.7 Å². The predicted octanol–water partition coefficient (Wildman–Crippen LogP) is 3.35. The number of ether oxygens (including phenoxy) is 1. The number of nitrogens with zero attached hydrogens (tertiary/aromatic N) is 3. The zero-order valence-electron chi connectivity index (χ0n) is 18.7.